The predicted molar refractivity (Wildman–Crippen MR) is 77.0 cm³/mol. The number of nitrogen functional groups attached to an aromatic ring is 1. The first-order chi connectivity index (χ1) is 9.95. The average Bonchev–Trinajstić information content (AvgIpc) is 2.48. The van der Waals surface area contributed by atoms with Crippen molar-refractivity contribution in [3.8, 4) is 6.07 Å². The van der Waals surface area contributed by atoms with Crippen LogP contribution in [-0.2, 0) is 0 Å². The van der Waals surface area contributed by atoms with E-state index >= 15 is 0 Å². The van der Waals surface area contributed by atoms with E-state index in [0.29, 0.717) is 16.9 Å². The number of rotatable bonds is 3. The minimum atomic E-state index is -1.38. The number of nitriles is 1. The Bertz CT molecular complexity index is 753. The van der Waals surface area contributed by atoms with Crippen LogP contribution in [0.3, 0.4) is 0 Å². The van der Waals surface area contributed by atoms with Crippen LogP contribution in [0.4, 0.5) is 21.5 Å². The van der Waals surface area contributed by atoms with Crippen LogP contribution in [0.2, 0.25) is 0 Å². The van der Waals surface area contributed by atoms with Crippen LogP contribution >= 0.6 is 0 Å². The van der Waals surface area contributed by atoms with Gasteiger partial charge < -0.3 is 15.7 Å². The average molecular weight is 285 g/mol. The number of para-hydroxylation sites is 1. The zero-order valence-electron chi connectivity index (χ0n) is 11.2. The van der Waals surface area contributed by atoms with E-state index in [0.717, 1.165) is 12.1 Å². The lowest BCUT2D eigenvalue weighted by molar-refractivity contribution is 0.0692. The van der Waals surface area contributed by atoms with Crippen molar-refractivity contribution in [1.82, 2.24) is 0 Å². The van der Waals surface area contributed by atoms with Crippen molar-refractivity contribution in [3.63, 3.8) is 0 Å². The summed E-state index contributed by atoms with van der Waals surface area (Å²) in [7, 11) is 1.63. The lowest BCUT2D eigenvalue weighted by Gasteiger charge is -2.22. The Kier molecular flexibility index (Phi) is 3.76. The van der Waals surface area contributed by atoms with Crippen molar-refractivity contribution in [2.75, 3.05) is 17.7 Å². The van der Waals surface area contributed by atoms with Gasteiger partial charge in [-0.1, -0.05) is 12.1 Å². The van der Waals surface area contributed by atoms with Gasteiger partial charge in [0.15, 0.2) is 0 Å². The van der Waals surface area contributed by atoms with E-state index in [9.17, 15) is 9.18 Å². The number of carboxylic acids is 1. The third-order valence-corrected chi connectivity index (χ3v) is 3.09. The number of carbonyl (C=O) groups is 1. The molecule has 0 radical (unpaired) electrons. The first-order valence-corrected chi connectivity index (χ1v) is 6.01. The van der Waals surface area contributed by atoms with Crippen molar-refractivity contribution in [1.29, 1.82) is 5.26 Å². The summed E-state index contributed by atoms with van der Waals surface area (Å²) in [5.74, 6) is -2.26. The predicted octanol–water partition coefficient (Wildman–Crippen LogP) is 2.75. The second-order valence-corrected chi connectivity index (χ2v) is 4.38. The van der Waals surface area contributed by atoms with Gasteiger partial charge in [-0.25, -0.2) is 9.18 Å². The van der Waals surface area contributed by atoms with Crippen LogP contribution in [0.25, 0.3) is 0 Å². The zero-order valence-corrected chi connectivity index (χ0v) is 11.2. The molecule has 2 aromatic carbocycles. The number of anilines is 3. The summed E-state index contributed by atoms with van der Waals surface area (Å²) < 4.78 is 13.8. The Hall–Kier alpha value is -3.07. The monoisotopic (exact) mass is 285 g/mol. The first kappa shape index (κ1) is 14.3. The van der Waals surface area contributed by atoms with Crippen molar-refractivity contribution in [2.45, 2.75) is 0 Å². The van der Waals surface area contributed by atoms with Gasteiger partial charge in [-0.2, -0.15) is 5.26 Å². The van der Waals surface area contributed by atoms with Gasteiger partial charge in [0.2, 0.25) is 0 Å². The summed E-state index contributed by atoms with van der Waals surface area (Å²) in [6.07, 6.45) is 0. The molecule has 0 spiro atoms. The largest absolute Gasteiger partial charge is 0.478 e. The van der Waals surface area contributed by atoms with E-state index in [-0.39, 0.29) is 5.69 Å². The quantitative estimate of drug-likeness (QED) is 0.846. The van der Waals surface area contributed by atoms with E-state index in [1.165, 1.54) is 0 Å². The summed E-state index contributed by atoms with van der Waals surface area (Å²) in [5.41, 5.74) is 6.68. The molecule has 0 aliphatic heterocycles. The molecule has 0 bridgehead atoms. The van der Waals surface area contributed by atoms with Crippen LogP contribution in [0.5, 0.6) is 0 Å². The van der Waals surface area contributed by atoms with Gasteiger partial charge in [0.1, 0.15) is 11.9 Å². The normalized spacial score (nSPS) is 9.95. The molecule has 0 aliphatic rings. The Balaban J connectivity index is 2.54. The maximum Gasteiger partial charge on any atom is 0.338 e. The van der Waals surface area contributed by atoms with Gasteiger partial charge in [0.25, 0.3) is 0 Å². The summed E-state index contributed by atoms with van der Waals surface area (Å²) in [5, 5.41) is 18.0. The van der Waals surface area contributed by atoms with Gasteiger partial charge in [0, 0.05) is 13.1 Å². The number of benzene rings is 2. The van der Waals surface area contributed by atoms with Crippen LogP contribution in [0.1, 0.15) is 15.9 Å². The van der Waals surface area contributed by atoms with Crippen LogP contribution in [-0.4, -0.2) is 18.1 Å². The first-order valence-electron chi connectivity index (χ1n) is 6.01. The van der Waals surface area contributed by atoms with Crippen LogP contribution in [0.15, 0.2) is 36.4 Å². The van der Waals surface area contributed by atoms with Gasteiger partial charge in [-0.15, -0.1) is 0 Å². The molecule has 106 valence electrons. The van der Waals surface area contributed by atoms with Crippen LogP contribution < -0.4 is 10.6 Å². The molecule has 0 atom stereocenters. The molecule has 3 N–H and O–H groups in total. The highest BCUT2D eigenvalue weighted by molar-refractivity contribution is 5.91. The number of hydrogen-bond acceptors (Lipinski definition) is 4. The van der Waals surface area contributed by atoms with Crippen molar-refractivity contribution >= 4 is 23.0 Å². The van der Waals surface area contributed by atoms with Crippen molar-refractivity contribution < 1.29 is 14.3 Å². The van der Waals surface area contributed by atoms with E-state index < -0.39 is 17.3 Å². The Morgan fingerprint density at radius 3 is 2.62 bits per heavy atom. The molecule has 0 amide bonds. The number of hydrogen-bond donors (Lipinski definition) is 2. The molecule has 0 fully saturated rings. The molecular formula is C15H12FN3O2. The Labute approximate surface area is 120 Å². The molecule has 0 aliphatic carbocycles. The molecule has 0 saturated heterocycles. The second kappa shape index (κ2) is 5.51. The summed E-state index contributed by atoms with van der Waals surface area (Å²) in [4.78, 5) is 12.4. The molecular weight excluding hydrogens is 273 g/mol. The van der Waals surface area contributed by atoms with E-state index in [1.54, 1.807) is 36.2 Å². The van der Waals surface area contributed by atoms with Gasteiger partial charge in [-0.05, 0) is 18.2 Å². The zero-order chi connectivity index (χ0) is 15.6. The Morgan fingerprint density at radius 2 is 2.00 bits per heavy atom. The lowest BCUT2D eigenvalue weighted by Crippen LogP contribution is -2.14. The number of halogens is 1. The summed E-state index contributed by atoms with van der Waals surface area (Å²) >= 11 is 0. The van der Waals surface area contributed by atoms with Crippen molar-refractivity contribution in [3.05, 3.63) is 53.3 Å². The number of nitrogens with zero attached hydrogens (tertiary/aromatic N) is 2. The Morgan fingerprint density at radius 1 is 1.33 bits per heavy atom. The fourth-order valence-corrected chi connectivity index (χ4v) is 2.02. The topological polar surface area (TPSA) is 90.3 Å². The molecule has 0 unspecified atom stereocenters. The molecule has 21 heavy (non-hydrogen) atoms. The SMILES string of the molecule is CN(c1cc(F)c(C(=O)O)cc1N)c1ccccc1C#N. The number of aromatic carboxylic acids is 1. The second-order valence-electron chi connectivity index (χ2n) is 4.38. The fourth-order valence-electron chi connectivity index (χ4n) is 2.02. The fraction of sp³-hybridized carbons (Fsp3) is 0.0667. The van der Waals surface area contributed by atoms with Gasteiger partial charge >= 0.3 is 5.97 Å². The number of carboxylic acid groups (broad SMARTS) is 1. The molecule has 2 rings (SSSR count). The summed E-state index contributed by atoms with van der Waals surface area (Å²) in [6, 6.07) is 10.9. The third kappa shape index (κ3) is 2.62. The van der Waals surface area contributed by atoms with Crippen LogP contribution in [0, 0.1) is 17.1 Å². The lowest BCUT2D eigenvalue weighted by atomic mass is 10.1. The molecule has 2 aromatic rings. The van der Waals surface area contributed by atoms with E-state index in [2.05, 4.69) is 0 Å². The minimum absolute atomic E-state index is 0.115. The molecule has 0 aromatic heterocycles. The van der Waals surface area contributed by atoms with E-state index in [1.807, 2.05) is 6.07 Å². The third-order valence-electron chi connectivity index (χ3n) is 3.09. The number of nitrogens with two attached hydrogens (primary N) is 1. The van der Waals surface area contributed by atoms with Crippen molar-refractivity contribution in [2.24, 2.45) is 0 Å². The van der Waals surface area contributed by atoms with Gasteiger partial charge in [0.05, 0.1) is 28.2 Å². The molecule has 5 nitrogen and oxygen atoms in total. The highest BCUT2D eigenvalue weighted by Crippen LogP contribution is 2.32. The molecule has 0 saturated carbocycles. The minimum Gasteiger partial charge on any atom is -0.478 e. The summed E-state index contributed by atoms with van der Waals surface area (Å²) in [6.45, 7) is 0. The molecule has 6 heteroatoms. The smallest absolute Gasteiger partial charge is 0.338 e. The van der Waals surface area contributed by atoms with Gasteiger partial charge in [-0.3, -0.25) is 0 Å². The molecule has 0 heterocycles. The highest BCUT2D eigenvalue weighted by Gasteiger charge is 2.17. The maximum atomic E-state index is 13.8. The van der Waals surface area contributed by atoms with E-state index in [4.69, 9.17) is 16.1 Å². The standard InChI is InChI=1S/C15H12FN3O2/c1-19(13-5-3-2-4-9(13)8-17)14-7-11(16)10(15(20)21)6-12(14)18/h2-7H,18H2,1H3,(H,20,21). The maximum absolute atomic E-state index is 13.8. The highest BCUT2D eigenvalue weighted by atomic mass is 19.1.